The number of primary amides is 1. The number of piperazine rings is 1. The van der Waals surface area contributed by atoms with Crippen LogP contribution in [0.3, 0.4) is 0 Å². The molecular formula is C24H32ClN7O3. The zero-order valence-electron chi connectivity index (χ0n) is 19.9. The molecule has 2 saturated heterocycles. The minimum Gasteiger partial charge on any atom is -0.384 e. The molecule has 0 spiro atoms. The van der Waals surface area contributed by atoms with E-state index in [2.05, 4.69) is 15.2 Å². The number of amides is 4. The molecular weight excluding hydrogens is 470 g/mol. The summed E-state index contributed by atoms with van der Waals surface area (Å²) in [5, 5.41) is 4.56. The van der Waals surface area contributed by atoms with E-state index in [-0.39, 0.29) is 18.2 Å². The molecule has 0 bridgehead atoms. The summed E-state index contributed by atoms with van der Waals surface area (Å²) >= 11 is 6.13. The first-order chi connectivity index (χ1) is 16.7. The largest absolute Gasteiger partial charge is 0.384 e. The summed E-state index contributed by atoms with van der Waals surface area (Å²) in [5.74, 6) is 0.298. The van der Waals surface area contributed by atoms with Gasteiger partial charge in [-0.05, 0) is 44.4 Å². The molecule has 4 rings (SSSR count). The molecule has 0 saturated carbocycles. The first kappa shape index (κ1) is 24.8. The van der Waals surface area contributed by atoms with Crippen LogP contribution in [0.4, 0.5) is 21.1 Å². The van der Waals surface area contributed by atoms with Crippen LogP contribution in [-0.2, 0) is 4.79 Å². The lowest BCUT2D eigenvalue weighted by molar-refractivity contribution is -0.119. The Morgan fingerprint density at radius 3 is 2.51 bits per heavy atom. The highest BCUT2D eigenvalue weighted by Crippen LogP contribution is 2.31. The fraction of sp³-hybridized carbons (Fsp3) is 0.500. The van der Waals surface area contributed by atoms with E-state index in [4.69, 9.17) is 23.1 Å². The second-order valence-corrected chi connectivity index (χ2v) is 9.78. The number of carbonyl (C=O) groups excluding carboxylic acids is 3. The van der Waals surface area contributed by atoms with Crippen molar-refractivity contribution in [1.82, 2.24) is 20.1 Å². The predicted molar refractivity (Wildman–Crippen MR) is 136 cm³/mol. The maximum atomic E-state index is 13.3. The first-order valence-electron chi connectivity index (χ1n) is 11.9. The van der Waals surface area contributed by atoms with E-state index in [0.29, 0.717) is 50.0 Å². The van der Waals surface area contributed by atoms with Gasteiger partial charge in [0.05, 0.1) is 5.52 Å². The van der Waals surface area contributed by atoms with Crippen LogP contribution in [0.15, 0.2) is 24.3 Å². The van der Waals surface area contributed by atoms with Gasteiger partial charge in [0.2, 0.25) is 0 Å². The van der Waals surface area contributed by atoms with Gasteiger partial charge in [-0.2, -0.15) is 0 Å². The van der Waals surface area contributed by atoms with Crippen LogP contribution in [-0.4, -0.2) is 71.0 Å². The van der Waals surface area contributed by atoms with E-state index < -0.39 is 11.7 Å². The first-order valence-corrected chi connectivity index (χ1v) is 12.3. The summed E-state index contributed by atoms with van der Waals surface area (Å²) in [5.41, 5.74) is 12.3. The Kier molecular flexibility index (Phi) is 7.20. The highest BCUT2D eigenvalue weighted by atomic mass is 35.5. The normalized spacial score (nSPS) is 21.0. The Balaban J connectivity index is 1.50. The number of hydrogen-bond acceptors (Lipinski definition) is 6. The lowest BCUT2D eigenvalue weighted by Gasteiger charge is -2.44. The van der Waals surface area contributed by atoms with Gasteiger partial charge in [0.1, 0.15) is 17.3 Å². The molecule has 0 radical (unpaired) electrons. The third-order valence-corrected chi connectivity index (χ3v) is 7.05. The molecule has 3 heterocycles. The molecule has 2 fully saturated rings. The minimum atomic E-state index is -1.10. The zero-order valence-corrected chi connectivity index (χ0v) is 20.7. The average molecular weight is 502 g/mol. The van der Waals surface area contributed by atoms with Crippen LogP contribution in [0.1, 0.15) is 39.0 Å². The maximum Gasteiger partial charge on any atom is 0.319 e. The number of nitrogens with zero attached hydrogens (tertiary/aromatic N) is 4. The number of aromatic nitrogens is 1. The Morgan fingerprint density at radius 2 is 1.83 bits per heavy atom. The molecule has 5 N–H and O–H groups in total. The number of nitrogen functional groups attached to an aromatic ring is 1. The number of urea groups is 2. The van der Waals surface area contributed by atoms with Crippen LogP contribution in [0.25, 0.3) is 10.9 Å². The summed E-state index contributed by atoms with van der Waals surface area (Å²) in [4.78, 5) is 47.5. The zero-order chi connectivity index (χ0) is 25.2. The van der Waals surface area contributed by atoms with Gasteiger partial charge in [0.15, 0.2) is 0 Å². The van der Waals surface area contributed by atoms with Gasteiger partial charge >= 0.3 is 12.1 Å². The second kappa shape index (κ2) is 10.2. The SMILES string of the molecule is CC(=O)CC1(NC(=O)N2CCN(c3cc(N)nc4cc(Cl)ccc34)CC2)CCCCCN1C(N)=O. The molecule has 2 aliphatic heterocycles. The average Bonchev–Trinajstić information content (AvgIpc) is 3.00. The van der Waals surface area contributed by atoms with Crippen LogP contribution < -0.4 is 21.7 Å². The fourth-order valence-electron chi connectivity index (χ4n) is 5.20. The molecule has 1 aromatic carbocycles. The van der Waals surface area contributed by atoms with Gasteiger partial charge in [-0.15, -0.1) is 0 Å². The Hall–Kier alpha value is -3.27. The standard InChI is InChI=1S/C24H32ClN7O3/c1-16(33)15-24(7-3-2-4-8-32(24)22(27)34)29-23(35)31-11-9-30(10-12-31)20-14-21(26)28-19-13-17(25)5-6-18(19)20/h5-6,13-14H,2-4,7-12,15H2,1H3,(H2,26,28)(H2,27,34)(H,29,35). The lowest BCUT2D eigenvalue weighted by Crippen LogP contribution is -2.66. The molecule has 4 amide bonds. The van der Waals surface area contributed by atoms with Crippen LogP contribution in [0.5, 0.6) is 0 Å². The summed E-state index contributed by atoms with van der Waals surface area (Å²) in [7, 11) is 0. The number of nitrogens with one attached hydrogen (secondary N) is 1. The molecule has 35 heavy (non-hydrogen) atoms. The molecule has 2 aromatic rings. The number of likely N-dealkylation sites (tertiary alicyclic amines) is 1. The van der Waals surface area contributed by atoms with Gasteiger partial charge in [-0.1, -0.05) is 18.0 Å². The van der Waals surface area contributed by atoms with Crippen molar-refractivity contribution in [3.63, 3.8) is 0 Å². The van der Waals surface area contributed by atoms with E-state index >= 15 is 0 Å². The number of hydrogen-bond donors (Lipinski definition) is 3. The number of pyridine rings is 1. The summed E-state index contributed by atoms with van der Waals surface area (Å²) in [6.45, 7) is 4.00. The van der Waals surface area contributed by atoms with E-state index in [9.17, 15) is 14.4 Å². The summed E-state index contributed by atoms with van der Waals surface area (Å²) in [6, 6.07) is 6.44. The van der Waals surface area contributed by atoms with Crippen LogP contribution in [0.2, 0.25) is 5.02 Å². The Morgan fingerprint density at radius 1 is 1.09 bits per heavy atom. The van der Waals surface area contributed by atoms with E-state index in [0.717, 1.165) is 35.9 Å². The number of fused-ring (bicyclic) bond motifs is 1. The molecule has 2 aliphatic rings. The number of halogens is 1. The van der Waals surface area contributed by atoms with Crippen molar-refractivity contribution in [3.8, 4) is 0 Å². The number of anilines is 2. The highest BCUT2D eigenvalue weighted by Gasteiger charge is 2.43. The van der Waals surface area contributed by atoms with E-state index in [1.165, 1.54) is 11.8 Å². The van der Waals surface area contributed by atoms with Crippen LogP contribution >= 0.6 is 11.6 Å². The number of nitrogens with two attached hydrogens (primary N) is 2. The highest BCUT2D eigenvalue weighted by molar-refractivity contribution is 6.31. The fourth-order valence-corrected chi connectivity index (χ4v) is 5.36. The maximum absolute atomic E-state index is 13.3. The third-order valence-electron chi connectivity index (χ3n) is 6.81. The van der Waals surface area contributed by atoms with Gasteiger partial charge in [0.25, 0.3) is 0 Å². The van der Waals surface area contributed by atoms with E-state index in [1.54, 1.807) is 11.0 Å². The van der Waals surface area contributed by atoms with Crippen molar-refractivity contribution in [3.05, 3.63) is 29.3 Å². The molecule has 10 nitrogen and oxygen atoms in total. The van der Waals surface area contributed by atoms with Gasteiger partial charge in [-0.25, -0.2) is 14.6 Å². The molecule has 1 unspecified atom stereocenters. The number of ketones is 1. The molecule has 11 heteroatoms. The topological polar surface area (TPSA) is 138 Å². The summed E-state index contributed by atoms with van der Waals surface area (Å²) in [6.07, 6.45) is 3.02. The Labute approximate surface area is 209 Å². The van der Waals surface area contributed by atoms with Crippen molar-refractivity contribution >= 4 is 51.9 Å². The third kappa shape index (κ3) is 5.37. The van der Waals surface area contributed by atoms with Crippen molar-refractivity contribution in [2.75, 3.05) is 43.4 Å². The van der Waals surface area contributed by atoms with E-state index in [1.807, 2.05) is 18.2 Å². The lowest BCUT2D eigenvalue weighted by atomic mass is 9.96. The van der Waals surface area contributed by atoms with Crippen molar-refractivity contribution in [1.29, 1.82) is 0 Å². The minimum absolute atomic E-state index is 0.0342. The number of rotatable bonds is 4. The summed E-state index contributed by atoms with van der Waals surface area (Å²) < 4.78 is 0. The number of benzene rings is 1. The molecule has 1 atom stereocenters. The van der Waals surface area contributed by atoms with Crippen LogP contribution in [0, 0.1) is 0 Å². The molecule has 1 aromatic heterocycles. The smallest absolute Gasteiger partial charge is 0.319 e. The number of carbonyl (C=O) groups is 3. The van der Waals surface area contributed by atoms with Crippen molar-refractivity contribution < 1.29 is 14.4 Å². The molecule has 0 aliphatic carbocycles. The second-order valence-electron chi connectivity index (χ2n) is 9.34. The van der Waals surface area contributed by atoms with Gasteiger partial charge in [-0.3, -0.25) is 4.79 Å². The van der Waals surface area contributed by atoms with Gasteiger partial charge in [0, 0.05) is 61.3 Å². The Bertz CT molecular complexity index is 1130. The van der Waals surface area contributed by atoms with Crippen molar-refractivity contribution in [2.45, 2.75) is 44.7 Å². The number of Topliss-reactive ketones (excluding diaryl/α,β-unsaturated/α-hetero) is 1. The van der Waals surface area contributed by atoms with Gasteiger partial charge < -0.3 is 31.5 Å². The quantitative estimate of drug-likeness (QED) is 0.588. The predicted octanol–water partition coefficient (Wildman–Crippen LogP) is 2.93. The molecule has 188 valence electrons. The monoisotopic (exact) mass is 501 g/mol. The van der Waals surface area contributed by atoms with Crippen molar-refractivity contribution in [2.24, 2.45) is 5.73 Å².